The minimum Gasteiger partial charge on any atom is -0.383 e. The smallest absolute Gasteiger partial charge is 0.125 e. The predicted octanol–water partition coefficient (Wildman–Crippen LogP) is 2.73. The van der Waals surface area contributed by atoms with E-state index in [1.54, 1.807) is 13.2 Å². The molecule has 16 heavy (non-hydrogen) atoms. The summed E-state index contributed by atoms with van der Waals surface area (Å²) in [6.45, 7) is 2.20. The van der Waals surface area contributed by atoms with Gasteiger partial charge in [-0.25, -0.2) is 4.39 Å². The standard InChI is InChI=1S/C12H15ClFNO/c1-16-6-5-15-4-2-3-10-7-11(13)9-12(14)8-10/h2-3,7-9,15H,4-6H2,1H3/b3-2+. The molecule has 1 rings (SSSR count). The van der Waals surface area contributed by atoms with Gasteiger partial charge in [-0.1, -0.05) is 23.8 Å². The molecular formula is C12H15ClFNO. The summed E-state index contributed by atoms with van der Waals surface area (Å²) >= 11 is 5.73. The Hall–Kier alpha value is -0.900. The molecule has 0 aliphatic heterocycles. The highest BCUT2D eigenvalue weighted by molar-refractivity contribution is 6.30. The summed E-state index contributed by atoms with van der Waals surface area (Å²) in [5.41, 5.74) is 0.763. The first-order valence-electron chi connectivity index (χ1n) is 5.04. The Kier molecular flexibility index (Phi) is 6.08. The van der Waals surface area contributed by atoms with E-state index < -0.39 is 0 Å². The van der Waals surface area contributed by atoms with E-state index in [0.29, 0.717) is 11.6 Å². The van der Waals surface area contributed by atoms with Crippen molar-refractivity contribution in [1.82, 2.24) is 5.32 Å². The van der Waals surface area contributed by atoms with Gasteiger partial charge in [0.1, 0.15) is 5.82 Å². The zero-order valence-corrected chi connectivity index (χ0v) is 9.93. The van der Waals surface area contributed by atoms with Crippen LogP contribution >= 0.6 is 11.6 Å². The third-order valence-electron chi connectivity index (χ3n) is 1.94. The maximum absolute atomic E-state index is 13.0. The number of ether oxygens (including phenoxy) is 1. The van der Waals surface area contributed by atoms with Gasteiger partial charge in [0.25, 0.3) is 0 Å². The van der Waals surface area contributed by atoms with Crippen LogP contribution in [0.25, 0.3) is 6.08 Å². The molecule has 0 aliphatic rings. The van der Waals surface area contributed by atoms with Crippen molar-refractivity contribution >= 4 is 17.7 Å². The Labute approximate surface area is 100 Å². The van der Waals surface area contributed by atoms with E-state index >= 15 is 0 Å². The Morgan fingerprint density at radius 2 is 2.25 bits per heavy atom. The van der Waals surface area contributed by atoms with Gasteiger partial charge in [0, 0.05) is 25.2 Å². The van der Waals surface area contributed by atoms with Crippen molar-refractivity contribution in [3.05, 3.63) is 40.7 Å². The van der Waals surface area contributed by atoms with Gasteiger partial charge in [-0.2, -0.15) is 0 Å². The number of rotatable bonds is 6. The SMILES string of the molecule is COCCNC/C=C/c1cc(F)cc(Cl)c1. The lowest BCUT2D eigenvalue weighted by molar-refractivity contribution is 0.200. The predicted molar refractivity (Wildman–Crippen MR) is 65.2 cm³/mol. The van der Waals surface area contributed by atoms with Crippen molar-refractivity contribution in [3.8, 4) is 0 Å². The molecule has 0 unspecified atom stereocenters. The second-order valence-electron chi connectivity index (χ2n) is 3.30. The van der Waals surface area contributed by atoms with Crippen LogP contribution in [-0.2, 0) is 4.74 Å². The fourth-order valence-electron chi connectivity index (χ4n) is 1.23. The number of benzene rings is 1. The summed E-state index contributed by atoms with van der Waals surface area (Å²) in [7, 11) is 1.66. The number of nitrogens with one attached hydrogen (secondary N) is 1. The summed E-state index contributed by atoms with van der Waals surface area (Å²) < 4.78 is 17.8. The van der Waals surface area contributed by atoms with Crippen LogP contribution in [0.1, 0.15) is 5.56 Å². The molecular weight excluding hydrogens is 229 g/mol. The molecule has 0 amide bonds. The van der Waals surface area contributed by atoms with Gasteiger partial charge in [0.2, 0.25) is 0 Å². The third kappa shape index (κ3) is 5.26. The van der Waals surface area contributed by atoms with Crippen molar-refractivity contribution in [3.63, 3.8) is 0 Å². The van der Waals surface area contributed by atoms with Crippen LogP contribution in [0, 0.1) is 5.82 Å². The first-order chi connectivity index (χ1) is 7.72. The zero-order chi connectivity index (χ0) is 11.8. The summed E-state index contributed by atoms with van der Waals surface area (Å²) in [4.78, 5) is 0. The van der Waals surface area contributed by atoms with E-state index in [1.807, 2.05) is 12.2 Å². The molecule has 0 fully saturated rings. The van der Waals surface area contributed by atoms with E-state index in [0.717, 1.165) is 18.7 Å². The molecule has 4 heteroatoms. The van der Waals surface area contributed by atoms with E-state index in [4.69, 9.17) is 16.3 Å². The van der Waals surface area contributed by atoms with E-state index in [2.05, 4.69) is 5.32 Å². The second-order valence-corrected chi connectivity index (χ2v) is 3.74. The molecule has 0 saturated heterocycles. The van der Waals surface area contributed by atoms with Crippen LogP contribution < -0.4 is 5.32 Å². The Morgan fingerprint density at radius 3 is 2.94 bits per heavy atom. The van der Waals surface area contributed by atoms with Gasteiger partial charge < -0.3 is 10.1 Å². The van der Waals surface area contributed by atoms with Crippen LogP contribution in [-0.4, -0.2) is 26.8 Å². The van der Waals surface area contributed by atoms with Gasteiger partial charge in [-0.3, -0.25) is 0 Å². The fourth-order valence-corrected chi connectivity index (χ4v) is 1.46. The maximum Gasteiger partial charge on any atom is 0.125 e. The van der Waals surface area contributed by atoms with Gasteiger partial charge >= 0.3 is 0 Å². The van der Waals surface area contributed by atoms with Gasteiger partial charge in [-0.15, -0.1) is 0 Å². The highest BCUT2D eigenvalue weighted by Crippen LogP contribution is 2.14. The van der Waals surface area contributed by atoms with Crippen molar-refractivity contribution in [1.29, 1.82) is 0 Å². The highest BCUT2D eigenvalue weighted by Gasteiger charge is 1.95. The average Bonchev–Trinajstić information content (AvgIpc) is 2.22. The lowest BCUT2D eigenvalue weighted by Gasteiger charge is -1.99. The van der Waals surface area contributed by atoms with E-state index in [9.17, 15) is 4.39 Å². The van der Waals surface area contributed by atoms with Crippen LogP contribution in [0.3, 0.4) is 0 Å². The average molecular weight is 244 g/mol. The molecule has 0 bridgehead atoms. The molecule has 0 saturated carbocycles. The number of hydrogen-bond acceptors (Lipinski definition) is 2. The fraction of sp³-hybridized carbons (Fsp3) is 0.333. The van der Waals surface area contributed by atoms with Crippen molar-refractivity contribution in [2.45, 2.75) is 0 Å². The number of halogens is 2. The largest absolute Gasteiger partial charge is 0.383 e. The molecule has 1 N–H and O–H groups in total. The van der Waals surface area contributed by atoms with E-state index in [1.165, 1.54) is 12.1 Å². The summed E-state index contributed by atoms with van der Waals surface area (Å²) in [5, 5.41) is 3.56. The van der Waals surface area contributed by atoms with Gasteiger partial charge in [0.05, 0.1) is 6.61 Å². The third-order valence-corrected chi connectivity index (χ3v) is 2.16. The molecule has 0 spiro atoms. The minimum absolute atomic E-state index is 0.320. The summed E-state index contributed by atoms with van der Waals surface area (Å²) in [6, 6.07) is 4.45. The van der Waals surface area contributed by atoms with Gasteiger partial charge in [0.15, 0.2) is 0 Å². The molecule has 1 aromatic carbocycles. The minimum atomic E-state index is -0.320. The monoisotopic (exact) mass is 243 g/mol. The molecule has 0 aromatic heterocycles. The number of hydrogen-bond donors (Lipinski definition) is 1. The Bertz CT molecular complexity index is 335. The molecule has 0 heterocycles. The van der Waals surface area contributed by atoms with Crippen LogP contribution in [0.4, 0.5) is 4.39 Å². The summed E-state index contributed by atoms with van der Waals surface area (Å²) in [6.07, 6.45) is 3.75. The van der Waals surface area contributed by atoms with E-state index in [-0.39, 0.29) is 5.82 Å². The van der Waals surface area contributed by atoms with Crippen LogP contribution in [0.15, 0.2) is 24.3 Å². The van der Waals surface area contributed by atoms with Crippen molar-refractivity contribution < 1.29 is 9.13 Å². The first-order valence-corrected chi connectivity index (χ1v) is 5.42. The van der Waals surface area contributed by atoms with Crippen LogP contribution in [0.5, 0.6) is 0 Å². The normalized spacial score (nSPS) is 11.2. The molecule has 0 radical (unpaired) electrons. The summed E-state index contributed by atoms with van der Waals surface area (Å²) in [5.74, 6) is -0.320. The number of methoxy groups -OCH3 is 1. The molecule has 1 aromatic rings. The lowest BCUT2D eigenvalue weighted by atomic mass is 10.2. The Balaban J connectivity index is 2.37. The van der Waals surface area contributed by atoms with Gasteiger partial charge in [-0.05, 0) is 23.8 Å². The quantitative estimate of drug-likeness (QED) is 0.776. The Morgan fingerprint density at radius 1 is 1.44 bits per heavy atom. The molecule has 0 aliphatic carbocycles. The lowest BCUT2D eigenvalue weighted by Crippen LogP contribution is -2.18. The maximum atomic E-state index is 13.0. The first kappa shape index (κ1) is 13.2. The second kappa shape index (κ2) is 7.39. The molecule has 2 nitrogen and oxygen atoms in total. The topological polar surface area (TPSA) is 21.3 Å². The van der Waals surface area contributed by atoms with Crippen molar-refractivity contribution in [2.75, 3.05) is 26.8 Å². The molecule has 0 atom stereocenters. The zero-order valence-electron chi connectivity index (χ0n) is 9.17. The molecule has 88 valence electrons. The van der Waals surface area contributed by atoms with Crippen LogP contribution in [0.2, 0.25) is 5.02 Å². The van der Waals surface area contributed by atoms with Crippen molar-refractivity contribution in [2.24, 2.45) is 0 Å². The highest BCUT2D eigenvalue weighted by atomic mass is 35.5.